The first-order valence-corrected chi connectivity index (χ1v) is 11.2. The molecule has 0 amide bonds. The molecule has 0 fully saturated rings. The fourth-order valence-electron chi connectivity index (χ4n) is 4.55. The van der Waals surface area contributed by atoms with Crippen LogP contribution in [0.1, 0.15) is 18.2 Å². The first-order chi connectivity index (χ1) is 16.6. The van der Waals surface area contributed by atoms with E-state index in [0.29, 0.717) is 24.1 Å². The summed E-state index contributed by atoms with van der Waals surface area (Å²) in [5.74, 6) is -0.281. The third kappa shape index (κ3) is 3.18. The number of nitrogens with one attached hydrogen (secondary N) is 1. The van der Waals surface area contributed by atoms with Gasteiger partial charge in [0, 0.05) is 29.8 Å². The van der Waals surface area contributed by atoms with Crippen molar-refractivity contribution in [1.29, 1.82) is 0 Å². The Bertz CT molecular complexity index is 1730. The summed E-state index contributed by atoms with van der Waals surface area (Å²) in [6, 6.07) is 16.5. The molecule has 6 rings (SSSR count). The van der Waals surface area contributed by atoms with E-state index in [4.69, 9.17) is 5.10 Å². The molecule has 1 N–H and O–H groups in total. The molecule has 2 aromatic carbocycles. The SMILES string of the molecule is CCc1nn2c(nnc3c(=O)n(CCc4c[nH]c5ccc(F)cc45)ccc32)c1-c1ccccc1. The number of rotatable bonds is 5. The Kier molecular flexibility index (Phi) is 4.72. The Labute approximate surface area is 193 Å². The zero-order valence-electron chi connectivity index (χ0n) is 18.5. The van der Waals surface area contributed by atoms with Crippen molar-refractivity contribution in [3.05, 3.63) is 94.4 Å². The van der Waals surface area contributed by atoms with E-state index < -0.39 is 0 Å². The van der Waals surface area contributed by atoms with E-state index in [1.807, 2.05) is 49.5 Å². The number of aromatic amines is 1. The van der Waals surface area contributed by atoms with Gasteiger partial charge in [0.1, 0.15) is 11.3 Å². The second kappa shape index (κ2) is 7.91. The highest BCUT2D eigenvalue weighted by Gasteiger charge is 2.18. The number of hydrogen-bond acceptors (Lipinski definition) is 4. The van der Waals surface area contributed by atoms with Crippen LogP contribution in [-0.2, 0) is 19.4 Å². The molecule has 8 heteroatoms. The van der Waals surface area contributed by atoms with Gasteiger partial charge in [-0.15, -0.1) is 10.2 Å². The molecule has 6 aromatic rings. The van der Waals surface area contributed by atoms with Crippen LogP contribution in [0.2, 0.25) is 0 Å². The topological polar surface area (TPSA) is 80.9 Å². The van der Waals surface area contributed by atoms with Crippen LogP contribution in [0.5, 0.6) is 0 Å². The number of benzene rings is 2. The highest BCUT2D eigenvalue weighted by atomic mass is 19.1. The average molecular weight is 452 g/mol. The Morgan fingerprint density at radius 1 is 1.06 bits per heavy atom. The van der Waals surface area contributed by atoms with Crippen molar-refractivity contribution in [3.63, 3.8) is 0 Å². The van der Waals surface area contributed by atoms with Gasteiger partial charge < -0.3 is 9.55 Å². The number of aromatic nitrogens is 6. The van der Waals surface area contributed by atoms with Gasteiger partial charge in [0.15, 0.2) is 11.2 Å². The average Bonchev–Trinajstić information content (AvgIpc) is 3.45. The van der Waals surface area contributed by atoms with Crippen LogP contribution in [0.4, 0.5) is 4.39 Å². The monoisotopic (exact) mass is 452 g/mol. The molecule has 0 saturated heterocycles. The van der Waals surface area contributed by atoms with Crippen LogP contribution >= 0.6 is 0 Å². The summed E-state index contributed by atoms with van der Waals surface area (Å²) in [6.45, 7) is 2.49. The maximum atomic E-state index is 13.7. The fraction of sp³-hybridized carbons (Fsp3) is 0.154. The van der Waals surface area contributed by atoms with Gasteiger partial charge in [-0.05, 0) is 48.2 Å². The summed E-state index contributed by atoms with van der Waals surface area (Å²) in [5.41, 5.74) is 5.98. The van der Waals surface area contributed by atoms with Gasteiger partial charge >= 0.3 is 0 Å². The zero-order chi connectivity index (χ0) is 23.2. The number of nitrogens with zero attached hydrogens (tertiary/aromatic N) is 5. The largest absolute Gasteiger partial charge is 0.361 e. The molecule has 0 unspecified atom stereocenters. The van der Waals surface area contributed by atoms with E-state index in [2.05, 4.69) is 15.2 Å². The predicted octanol–water partition coefficient (Wildman–Crippen LogP) is 4.53. The quantitative estimate of drug-likeness (QED) is 0.417. The zero-order valence-corrected chi connectivity index (χ0v) is 18.5. The summed E-state index contributed by atoms with van der Waals surface area (Å²) in [6.07, 6.45) is 4.93. The molecular formula is C26H21FN6O. The van der Waals surface area contributed by atoms with Crippen molar-refractivity contribution in [2.75, 3.05) is 0 Å². The standard InChI is InChI=1S/C26H21FN6O/c1-2-20-23(16-6-4-3-5-7-16)25-30-29-24-22(33(25)31-20)11-13-32(26(24)34)12-10-17-15-28-21-9-8-18(27)14-19(17)21/h3-9,11,13-15,28H,2,10,12H2,1H3. The highest BCUT2D eigenvalue weighted by molar-refractivity contribution is 5.85. The minimum atomic E-state index is -0.281. The van der Waals surface area contributed by atoms with Crippen molar-refractivity contribution in [1.82, 2.24) is 29.4 Å². The lowest BCUT2D eigenvalue weighted by atomic mass is 10.0. The van der Waals surface area contributed by atoms with E-state index in [1.165, 1.54) is 12.1 Å². The molecule has 0 aliphatic heterocycles. The van der Waals surface area contributed by atoms with E-state index in [0.717, 1.165) is 39.7 Å². The minimum Gasteiger partial charge on any atom is -0.361 e. The van der Waals surface area contributed by atoms with Crippen LogP contribution in [0, 0.1) is 5.82 Å². The normalized spacial score (nSPS) is 11.7. The molecule has 0 radical (unpaired) electrons. The van der Waals surface area contributed by atoms with Crippen molar-refractivity contribution in [2.45, 2.75) is 26.3 Å². The summed E-state index contributed by atoms with van der Waals surface area (Å²) in [5, 5.41) is 14.3. The van der Waals surface area contributed by atoms with E-state index in [-0.39, 0.29) is 16.9 Å². The third-order valence-electron chi connectivity index (χ3n) is 6.27. The molecule has 4 heterocycles. The van der Waals surface area contributed by atoms with Gasteiger partial charge in [0.25, 0.3) is 5.56 Å². The molecule has 168 valence electrons. The van der Waals surface area contributed by atoms with E-state index in [9.17, 15) is 9.18 Å². The van der Waals surface area contributed by atoms with Gasteiger partial charge in [-0.25, -0.2) is 8.91 Å². The van der Waals surface area contributed by atoms with Crippen LogP contribution in [0.3, 0.4) is 0 Å². The van der Waals surface area contributed by atoms with Crippen LogP contribution in [-0.4, -0.2) is 29.4 Å². The highest BCUT2D eigenvalue weighted by Crippen LogP contribution is 2.28. The molecule has 7 nitrogen and oxygen atoms in total. The van der Waals surface area contributed by atoms with E-state index in [1.54, 1.807) is 21.3 Å². The number of aryl methyl sites for hydroxylation is 3. The molecule has 0 aliphatic carbocycles. The van der Waals surface area contributed by atoms with Gasteiger partial charge in [-0.3, -0.25) is 4.79 Å². The first-order valence-electron chi connectivity index (χ1n) is 11.2. The van der Waals surface area contributed by atoms with Gasteiger partial charge in [-0.1, -0.05) is 37.3 Å². The number of halogens is 1. The summed E-state index contributed by atoms with van der Waals surface area (Å²) in [4.78, 5) is 16.4. The molecule has 0 atom stereocenters. The fourth-order valence-corrected chi connectivity index (χ4v) is 4.55. The second-order valence-electron chi connectivity index (χ2n) is 8.28. The molecule has 0 spiro atoms. The molecular weight excluding hydrogens is 431 g/mol. The van der Waals surface area contributed by atoms with Crippen LogP contribution < -0.4 is 5.56 Å². The summed E-state index contributed by atoms with van der Waals surface area (Å²) >= 11 is 0. The lowest BCUT2D eigenvalue weighted by Gasteiger charge is -2.07. The maximum absolute atomic E-state index is 13.7. The smallest absolute Gasteiger partial charge is 0.280 e. The number of H-pyrrole nitrogens is 1. The van der Waals surface area contributed by atoms with Crippen molar-refractivity contribution in [2.24, 2.45) is 0 Å². The van der Waals surface area contributed by atoms with Crippen molar-refractivity contribution >= 4 is 27.6 Å². The molecule has 4 aromatic heterocycles. The Morgan fingerprint density at radius 3 is 2.74 bits per heavy atom. The second-order valence-corrected chi connectivity index (χ2v) is 8.28. The lowest BCUT2D eigenvalue weighted by molar-refractivity contribution is 0.629. The molecule has 0 saturated carbocycles. The predicted molar refractivity (Wildman–Crippen MR) is 129 cm³/mol. The lowest BCUT2D eigenvalue weighted by Crippen LogP contribution is -2.22. The van der Waals surface area contributed by atoms with Crippen molar-refractivity contribution < 1.29 is 4.39 Å². The minimum absolute atomic E-state index is 0.229. The maximum Gasteiger partial charge on any atom is 0.280 e. The molecule has 34 heavy (non-hydrogen) atoms. The van der Waals surface area contributed by atoms with Gasteiger partial charge in [0.2, 0.25) is 0 Å². The number of pyridine rings is 1. The number of hydrogen-bond donors (Lipinski definition) is 1. The van der Waals surface area contributed by atoms with Crippen LogP contribution in [0.25, 0.3) is 38.7 Å². The summed E-state index contributed by atoms with van der Waals surface area (Å²) in [7, 11) is 0. The third-order valence-corrected chi connectivity index (χ3v) is 6.27. The number of fused-ring (bicyclic) bond motifs is 4. The first kappa shape index (κ1) is 20.3. The Balaban J connectivity index is 1.41. The van der Waals surface area contributed by atoms with Gasteiger partial charge in [0.05, 0.1) is 11.3 Å². The van der Waals surface area contributed by atoms with Crippen LogP contribution in [0.15, 0.2) is 71.8 Å². The Hall–Kier alpha value is -4.33. The van der Waals surface area contributed by atoms with Crippen molar-refractivity contribution in [3.8, 4) is 11.1 Å². The van der Waals surface area contributed by atoms with Gasteiger partial charge in [-0.2, -0.15) is 5.10 Å². The van der Waals surface area contributed by atoms with E-state index >= 15 is 0 Å². The summed E-state index contributed by atoms with van der Waals surface area (Å²) < 4.78 is 17.0. The molecule has 0 bridgehead atoms. The molecule has 0 aliphatic rings. The Morgan fingerprint density at radius 2 is 1.91 bits per heavy atom.